The van der Waals surface area contributed by atoms with Crippen LogP contribution in [0, 0.1) is 12.7 Å². The van der Waals surface area contributed by atoms with Crippen LogP contribution in [-0.4, -0.2) is 30.9 Å². The Morgan fingerprint density at radius 2 is 2.10 bits per heavy atom. The lowest BCUT2D eigenvalue weighted by Gasteiger charge is -2.08. The highest BCUT2D eigenvalue weighted by Gasteiger charge is 2.01. The summed E-state index contributed by atoms with van der Waals surface area (Å²) in [6.45, 7) is 3.65. The van der Waals surface area contributed by atoms with E-state index in [-0.39, 0.29) is 12.4 Å². The van der Waals surface area contributed by atoms with Crippen LogP contribution in [0.25, 0.3) is 0 Å². The molecule has 0 spiro atoms. The van der Waals surface area contributed by atoms with Crippen LogP contribution in [-0.2, 0) is 9.53 Å². The number of benzene rings is 1. The predicted octanol–water partition coefficient (Wildman–Crippen LogP) is 2.42. The summed E-state index contributed by atoms with van der Waals surface area (Å²) in [4.78, 5) is 11.4. The SMILES string of the molecule is C1CCOCC1.Cc1cc(SNCC(=O)NO)ccc1F. The van der Waals surface area contributed by atoms with Gasteiger partial charge in [0.1, 0.15) is 5.82 Å². The van der Waals surface area contributed by atoms with Crippen LogP contribution < -0.4 is 10.2 Å². The normalized spacial score (nSPS) is 14.0. The number of carbonyl (C=O) groups is 1. The number of ether oxygens (including phenoxy) is 1. The molecule has 1 aliphatic heterocycles. The molecule has 21 heavy (non-hydrogen) atoms. The molecule has 0 aliphatic carbocycles. The number of amides is 1. The molecule has 1 aromatic rings. The summed E-state index contributed by atoms with van der Waals surface area (Å²) >= 11 is 1.20. The van der Waals surface area contributed by atoms with Crippen molar-refractivity contribution in [3.05, 3.63) is 29.6 Å². The van der Waals surface area contributed by atoms with Crippen LogP contribution in [0.5, 0.6) is 0 Å². The standard InChI is InChI=1S/C9H11FN2O2S.C5H10O/c1-6-4-7(2-3-8(6)10)15-11-5-9(13)12-14;1-2-4-6-5-3-1/h2-4,11,14H,5H2,1H3,(H,12,13);1-5H2. The molecule has 5 nitrogen and oxygen atoms in total. The number of halogens is 1. The molecule has 0 aromatic heterocycles. The number of hydrogen-bond donors (Lipinski definition) is 3. The summed E-state index contributed by atoms with van der Waals surface area (Å²) in [7, 11) is 0. The molecule has 1 amide bonds. The summed E-state index contributed by atoms with van der Waals surface area (Å²) in [6.07, 6.45) is 3.93. The molecule has 0 unspecified atom stereocenters. The Balaban J connectivity index is 0.000000304. The second-order valence-electron chi connectivity index (χ2n) is 4.54. The minimum atomic E-state index is -0.527. The summed E-state index contributed by atoms with van der Waals surface area (Å²) in [6, 6.07) is 4.65. The van der Waals surface area contributed by atoms with Crippen molar-refractivity contribution in [3.8, 4) is 0 Å². The molecule has 0 saturated carbocycles. The highest BCUT2D eigenvalue weighted by molar-refractivity contribution is 7.97. The fraction of sp³-hybridized carbons (Fsp3) is 0.500. The third kappa shape index (κ3) is 8.01. The highest BCUT2D eigenvalue weighted by atomic mass is 32.2. The Labute approximate surface area is 128 Å². The van der Waals surface area contributed by atoms with Crippen molar-refractivity contribution < 1.29 is 19.1 Å². The number of carbonyl (C=O) groups excluding carboxylic acids is 1. The second kappa shape index (κ2) is 10.6. The van der Waals surface area contributed by atoms with Gasteiger partial charge in [0.25, 0.3) is 5.91 Å². The lowest BCUT2D eigenvalue weighted by atomic mass is 10.2. The van der Waals surface area contributed by atoms with E-state index in [0.717, 1.165) is 18.1 Å². The lowest BCUT2D eigenvalue weighted by molar-refractivity contribution is -0.127. The average Bonchev–Trinajstić information content (AvgIpc) is 2.53. The van der Waals surface area contributed by atoms with E-state index in [0.29, 0.717) is 5.56 Å². The van der Waals surface area contributed by atoms with Crippen LogP contribution in [0.4, 0.5) is 4.39 Å². The summed E-state index contributed by atoms with van der Waals surface area (Å²) < 4.78 is 20.7. The van der Waals surface area contributed by atoms with E-state index in [1.807, 2.05) is 0 Å². The van der Waals surface area contributed by atoms with Gasteiger partial charge in [-0.05, 0) is 61.9 Å². The smallest absolute Gasteiger partial charge is 0.258 e. The third-order valence-electron chi connectivity index (χ3n) is 2.75. The van der Waals surface area contributed by atoms with Crippen molar-refractivity contribution in [3.63, 3.8) is 0 Å². The maximum Gasteiger partial charge on any atom is 0.258 e. The zero-order chi connectivity index (χ0) is 15.5. The van der Waals surface area contributed by atoms with Crippen molar-refractivity contribution in [1.29, 1.82) is 0 Å². The van der Waals surface area contributed by atoms with Crippen molar-refractivity contribution in [2.45, 2.75) is 31.1 Å². The van der Waals surface area contributed by atoms with Gasteiger partial charge in [-0.15, -0.1) is 0 Å². The first kappa shape index (κ1) is 17.9. The van der Waals surface area contributed by atoms with Crippen molar-refractivity contribution in [2.75, 3.05) is 19.8 Å². The van der Waals surface area contributed by atoms with Crippen LogP contribution in [0.15, 0.2) is 23.1 Å². The van der Waals surface area contributed by atoms with Crippen molar-refractivity contribution in [2.24, 2.45) is 0 Å². The van der Waals surface area contributed by atoms with Gasteiger partial charge in [0, 0.05) is 18.1 Å². The third-order valence-corrected chi connectivity index (χ3v) is 3.53. The Bertz CT molecular complexity index is 431. The van der Waals surface area contributed by atoms with Gasteiger partial charge in [-0.2, -0.15) is 0 Å². The van der Waals surface area contributed by atoms with Gasteiger partial charge in [-0.25, -0.2) is 9.87 Å². The van der Waals surface area contributed by atoms with Crippen LogP contribution in [0.2, 0.25) is 0 Å². The molecule has 3 N–H and O–H groups in total. The zero-order valence-corrected chi connectivity index (χ0v) is 12.8. The molecule has 1 heterocycles. The molecule has 2 rings (SSSR count). The number of nitrogens with one attached hydrogen (secondary N) is 2. The van der Waals surface area contributed by atoms with Gasteiger partial charge in [0.2, 0.25) is 0 Å². The lowest BCUT2D eigenvalue weighted by Crippen LogP contribution is -2.28. The molecular formula is C14H21FN2O3S. The molecule has 0 radical (unpaired) electrons. The minimum Gasteiger partial charge on any atom is -0.381 e. The van der Waals surface area contributed by atoms with Crippen LogP contribution in [0.1, 0.15) is 24.8 Å². The first-order chi connectivity index (χ1) is 10.1. The summed E-state index contributed by atoms with van der Waals surface area (Å²) in [5.74, 6) is -0.784. The topological polar surface area (TPSA) is 70.6 Å². The maximum absolute atomic E-state index is 12.9. The van der Waals surface area contributed by atoms with Gasteiger partial charge in [-0.3, -0.25) is 14.7 Å². The quantitative estimate of drug-likeness (QED) is 0.452. The Hall–Kier alpha value is -1.15. The Morgan fingerprint density at radius 1 is 1.38 bits per heavy atom. The molecule has 7 heteroatoms. The summed E-state index contributed by atoms with van der Waals surface area (Å²) in [5.41, 5.74) is 2.05. The van der Waals surface area contributed by atoms with Gasteiger partial charge < -0.3 is 4.74 Å². The van der Waals surface area contributed by atoms with Crippen LogP contribution in [0.3, 0.4) is 0 Å². The molecular weight excluding hydrogens is 295 g/mol. The van der Waals surface area contributed by atoms with Gasteiger partial charge in [0.15, 0.2) is 0 Å². The molecule has 0 atom stereocenters. The minimum absolute atomic E-state index is 0.0163. The molecule has 1 fully saturated rings. The summed E-state index contributed by atoms with van der Waals surface area (Å²) in [5, 5.41) is 8.21. The van der Waals surface area contributed by atoms with Crippen molar-refractivity contribution in [1.82, 2.24) is 10.2 Å². The van der Waals surface area contributed by atoms with E-state index in [2.05, 4.69) is 4.72 Å². The number of rotatable bonds is 4. The Morgan fingerprint density at radius 3 is 2.57 bits per heavy atom. The zero-order valence-electron chi connectivity index (χ0n) is 12.0. The predicted molar refractivity (Wildman–Crippen MR) is 79.6 cm³/mol. The molecule has 1 aliphatic rings. The number of hydroxylamine groups is 1. The van der Waals surface area contributed by atoms with E-state index in [1.54, 1.807) is 19.1 Å². The van der Waals surface area contributed by atoms with Gasteiger partial charge >= 0.3 is 0 Å². The van der Waals surface area contributed by atoms with Gasteiger partial charge in [-0.1, -0.05) is 0 Å². The number of aryl methyl sites for hydroxylation is 1. The van der Waals surface area contributed by atoms with E-state index in [1.165, 1.54) is 42.8 Å². The first-order valence-electron chi connectivity index (χ1n) is 6.80. The highest BCUT2D eigenvalue weighted by Crippen LogP contribution is 2.17. The van der Waals surface area contributed by atoms with E-state index < -0.39 is 5.91 Å². The van der Waals surface area contributed by atoms with E-state index in [9.17, 15) is 9.18 Å². The fourth-order valence-electron chi connectivity index (χ4n) is 1.59. The van der Waals surface area contributed by atoms with Crippen LogP contribution >= 0.6 is 11.9 Å². The second-order valence-corrected chi connectivity index (χ2v) is 5.51. The fourth-order valence-corrected chi connectivity index (χ4v) is 2.33. The van der Waals surface area contributed by atoms with E-state index in [4.69, 9.17) is 9.94 Å². The molecule has 1 aromatic carbocycles. The monoisotopic (exact) mass is 316 g/mol. The molecule has 0 bridgehead atoms. The maximum atomic E-state index is 12.9. The Kier molecular flexibility index (Phi) is 9.00. The largest absolute Gasteiger partial charge is 0.381 e. The molecule has 1 saturated heterocycles. The number of hydrogen-bond acceptors (Lipinski definition) is 5. The first-order valence-corrected chi connectivity index (χ1v) is 7.61. The van der Waals surface area contributed by atoms with E-state index >= 15 is 0 Å². The average molecular weight is 316 g/mol. The van der Waals surface area contributed by atoms with Gasteiger partial charge in [0.05, 0.1) is 6.54 Å². The molecule has 118 valence electrons. The van der Waals surface area contributed by atoms with Crippen molar-refractivity contribution >= 4 is 17.9 Å².